The first-order valence-corrected chi connectivity index (χ1v) is 6.30. The van der Waals surface area contributed by atoms with Crippen LogP contribution < -0.4 is 15.2 Å². The van der Waals surface area contributed by atoms with Crippen LogP contribution >= 0.6 is 0 Å². The SMILES string of the molecule is Cc1cc2c(cc1CCC(C)CN)OCCO2. The lowest BCUT2D eigenvalue weighted by molar-refractivity contribution is 0.171. The van der Waals surface area contributed by atoms with E-state index in [1.807, 2.05) is 0 Å². The fourth-order valence-electron chi connectivity index (χ4n) is 2.02. The molecule has 2 N–H and O–H groups in total. The van der Waals surface area contributed by atoms with E-state index in [2.05, 4.69) is 26.0 Å². The third kappa shape index (κ3) is 2.91. The molecule has 1 heterocycles. The molecule has 0 bridgehead atoms. The lowest BCUT2D eigenvalue weighted by atomic mass is 9.97. The Hall–Kier alpha value is -1.22. The van der Waals surface area contributed by atoms with Crippen LogP contribution in [0.2, 0.25) is 0 Å². The molecule has 1 atom stereocenters. The predicted molar refractivity (Wildman–Crippen MR) is 68.7 cm³/mol. The van der Waals surface area contributed by atoms with Gasteiger partial charge in [-0.2, -0.15) is 0 Å². The Balaban J connectivity index is 2.11. The van der Waals surface area contributed by atoms with Crippen molar-refractivity contribution in [2.45, 2.75) is 26.7 Å². The third-order valence-electron chi connectivity index (χ3n) is 3.31. The molecule has 0 saturated heterocycles. The van der Waals surface area contributed by atoms with Gasteiger partial charge in [-0.15, -0.1) is 0 Å². The lowest BCUT2D eigenvalue weighted by Crippen LogP contribution is -2.16. The van der Waals surface area contributed by atoms with Crippen molar-refractivity contribution in [3.8, 4) is 11.5 Å². The van der Waals surface area contributed by atoms with E-state index in [0.717, 1.165) is 30.9 Å². The van der Waals surface area contributed by atoms with Crippen molar-refractivity contribution in [2.24, 2.45) is 11.7 Å². The molecule has 3 nitrogen and oxygen atoms in total. The maximum atomic E-state index is 5.64. The number of nitrogens with two attached hydrogens (primary N) is 1. The number of fused-ring (bicyclic) bond motifs is 1. The highest BCUT2D eigenvalue weighted by atomic mass is 16.6. The van der Waals surface area contributed by atoms with Gasteiger partial charge in [0.2, 0.25) is 0 Å². The second-order valence-corrected chi connectivity index (χ2v) is 4.80. The summed E-state index contributed by atoms with van der Waals surface area (Å²) in [5.74, 6) is 2.34. The van der Waals surface area contributed by atoms with Gasteiger partial charge in [0.1, 0.15) is 13.2 Å². The maximum Gasteiger partial charge on any atom is 0.161 e. The maximum absolute atomic E-state index is 5.64. The van der Waals surface area contributed by atoms with Crippen molar-refractivity contribution < 1.29 is 9.47 Å². The van der Waals surface area contributed by atoms with Crippen molar-refractivity contribution in [1.29, 1.82) is 0 Å². The number of hydrogen-bond acceptors (Lipinski definition) is 3. The summed E-state index contributed by atoms with van der Waals surface area (Å²) in [5.41, 5.74) is 8.26. The number of ether oxygens (including phenoxy) is 2. The van der Waals surface area contributed by atoms with Gasteiger partial charge < -0.3 is 15.2 Å². The van der Waals surface area contributed by atoms with Gasteiger partial charge in [0.15, 0.2) is 11.5 Å². The summed E-state index contributed by atoms with van der Waals surface area (Å²) >= 11 is 0. The Morgan fingerprint density at radius 3 is 2.53 bits per heavy atom. The van der Waals surface area contributed by atoms with Crippen LogP contribution in [0.1, 0.15) is 24.5 Å². The van der Waals surface area contributed by atoms with Crippen LogP contribution in [0.15, 0.2) is 12.1 Å². The molecule has 0 spiro atoms. The zero-order valence-electron chi connectivity index (χ0n) is 10.7. The van der Waals surface area contributed by atoms with Crippen LogP contribution in [0.25, 0.3) is 0 Å². The predicted octanol–water partition coefficient (Wildman–Crippen LogP) is 2.29. The average Bonchev–Trinajstić information content (AvgIpc) is 2.35. The van der Waals surface area contributed by atoms with Gasteiger partial charge in [0.05, 0.1) is 0 Å². The molecule has 0 amide bonds. The Bertz CT molecular complexity index is 390. The summed E-state index contributed by atoms with van der Waals surface area (Å²) < 4.78 is 11.2. The molecule has 1 aliphatic heterocycles. The standard InChI is InChI=1S/C14H21NO2/c1-10(9-15)3-4-12-8-14-13(7-11(12)2)16-5-6-17-14/h7-8,10H,3-6,9,15H2,1-2H3. The van der Waals surface area contributed by atoms with E-state index in [4.69, 9.17) is 15.2 Å². The zero-order valence-corrected chi connectivity index (χ0v) is 10.7. The lowest BCUT2D eigenvalue weighted by Gasteiger charge is -2.20. The van der Waals surface area contributed by atoms with Crippen molar-refractivity contribution in [2.75, 3.05) is 19.8 Å². The summed E-state index contributed by atoms with van der Waals surface area (Å²) in [5, 5.41) is 0. The van der Waals surface area contributed by atoms with E-state index in [9.17, 15) is 0 Å². The number of hydrogen-bond donors (Lipinski definition) is 1. The quantitative estimate of drug-likeness (QED) is 0.871. The summed E-state index contributed by atoms with van der Waals surface area (Å²) in [7, 11) is 0. The molecule has 0 aromatic heterocycles. The Kier molecular flexibility index (Phi) is 3.89. The summed E-state index contributed by atoms with van der Waals surface area (Å²) in [6.45, 7) is 6.36. The molecular formula is C14H21NO2. The molecule has 0 aliphatic carbocycles. The molecule has 1 aromatic carbocycles. The minimum Gasteiger partial charge on any atom is -0.486 e. The molecule has 0 radical (unpaired) electrons. The molecule has 1 aromatic rings. The first kappa shape index (κ1) is 12.2. The number of benzene rings is 1. The second kappa shape index (κ2) is 5.41. The molecule has 17 heavy (non-hydrogen) atoms. The van der Waals surface area contributed by atoms with E-state index in [1.54, 1.807) is 0 Å². The minimum atomic E-state index is 0.572. The first-order chi connectivity index (χ1) is 8.20. The molecule has 1 unspecified atom stereocenters. The van der Waals surface area contributed by atoms with Crippen LogP contribution in [-0.4, -0.2) is 19.8 Å². The molecular weight excluding hydrogens is 214 g/mol. The van der Waals surface area contributed by atoms with Crippen LogP contribution in [0.4, 0.5) is 0 Å². The van der Waals surface area contributed by atoms with Gasteiger partial charge in [0, 0.05) is 0 Å². The van der Waals surface area contributed by atoms with Gasteiger partial charge in [-0.05, 0) is 55.5 Å². The van der Waals surface area contributed by atoms with Crippen molar-refractivity contribution in [1.82, 2.24) is 0 Å². The monoisotopic (exact) mass is 235 g/mol. The van der Waals surface area contributed by atoms with Gasteiger partial charge in [-0.1, -0.05) is 6.92 Å². The van der Waals surface area contributed by atoms with Crippen LogP contribution in [0.3, 0.4) is 0 Å². The average molecular weight is 235 g/mol. The largest absolute Gasteiger partial charge is 0.486 e. The van der Waals surface area contributed by atoms with E-state index in [-0.39, 0.29) is 0 Å². The first-order valence-electron chi connectivity index (χ1n) is 6.30. The van der Waals surface area contributed by atoms with E-state index in [1.165, 1.54) is 11.1 Å². The fraction of sp³-hybridized carbons (Fsp3) is 0.571. The smallest absolute Gasteiger partial charge is 0.161 e. The molecule has 0 saturated carbocycles. The molecule has 2 rings (SSSR count). The molecule has 3 heteroatoms. The third-order valence-corrected chi connectivity index (χ3v) is 3.31. The normalized spacial score (nSPS) is 15.7. The van der Waals surface area contributed by atoms with E-state index >= 15 is 0 Å². The van der Waals surface area contributed by atoms with Gasteiger partial charge in [-0.25, -0.2) is 0 Å². The highest BCUT2D eigenvalue weighted by Gasteiger charge is 2.14. The summed E-state index contributed by atoms with van der Waals surface area (Å²) in [6, 6.07) is 4.20. The highest BCUT2D eigenvalue weighted by molar-refractivity contribution is 5.47. The fourth-order valence-corrected chi connectivity index (χ4v) is 2.02. The van der Waals surface area contributed by atoms with Crippen LogP contribution in [0.5, 0.6) is 11.5 Å². The van der Waals surface area contributed by atoms with Gasteiger partial charge >= 0.3 is 0 Å². The van der Waals surface area contributed by atoms with Crippen molar-refractivity contribution in [3.63, 3.8) is 0 Å². The highest BCUT2D eigenvalue weighted by Crippen LogP contribution is 2.33. The number of aryl methyl sites for hydroxylation is 2. The van der Waals surface area contributed by atoms with Crippen LogP contribution in [0, 0.1) is 12.8 Å². The van der Waals surface area contributed by atoms with E-state index < -0.39 is 0 Å². The van der Waals surface area contributed by atoms with E-state index in [0.29, 0.717) is 19.1 Å². The summed E-state index contributed by atoms with van der Waals surface area (Å²) in [6.07, 6.45) is 2.18. The molecule has 94 valence electrons. The topological polar surface area (TPSA) is 44.5 Å². The second-order valence-electron chi connectivity index (χ2n) is 4.80. The Morgan fingerprint density at radius 1 is 1.24 bits per heavy atom. The zero-order chi connectivity index (χ0) is 12.3. The molecule has 1 aliphatic rings. The molecule has 0 fully saturated rings. The minimum absolute atomic E-state index is 0.572. The van der Waals surface area contributed by atoms with Crippen molar-refractivity contribution in [3.05, 3.63) is 23.3 Å². The van der Waals surface area contributed by atoms with Crippen LogP contribution in [-0.2, 0) is 6.42 Å². The number of rotatable bonds is 4. The summed E-state index contributed by atoms with van der Waals surface area (Å²) in [4.78, 5) is 0. The van der Waals surface area contributed by atoms with Gasteiger partial charge in [-0.3, -0.25) is 0 Å². The van der Waals surface area contributed by atoms with Crippen molar-refractivity contribution >= 4 is 0 Å². The van der Waals surface area contributed by atoms with Gasteiger partial charge in [0.25, 0.3) is 0 Å². The Labute approximate surface area is 103 Å². The Morgan fingerprint density at radius 2 is 1.88 bits per heavy atom.